The highest BCUT2D eigenvalue weighted by Gasteiger charge is 2.29. The van der Waals surface area contributed by atoms with E-state index in [0.717, 1.165) is 24.2 Å². The van der Waals surface area contributed by atoms with E-state index in [-0.39, 0.29) is 6.10 Å². The lowest BCUT2D eigenvalue weighted by molar-refractivity contribution is 0.0230. The molecule has 0 fully saturated rings. The summed E-state index contributed by atoms with van der Waals surface area (Å²) in [6, 6.07) is 14.2. The lowest BCUT2D eigenvalue weighted by Gasteiger charge is -2.30. The van der Waals surface area contributed by atoms with Crippen molar-refractivity contribution in [2.75, 3.05) is 0 Å². The zero-order chi connectivity index (χ0) is 14.1. The van der Waals surface area contributed by atoms with Gasteiger partial charge in [0.2, 0.25) is 0 Å². The van der Waals surface area contributed by atoms with Gasteiger partial charge in [0.25, 0.3) is 0 Å². The van der Waals surface area contributed by atoms with Crippen molar-refractivity contribution in [2.24, 2.45) is 0 Å². The maximum Gasteiger partial charge on any atom is 0.129 e. The van der Waals surface area contributed by atoms with Gasteiger partial charge in [-0.1, -0.05) is 30.3 Å². The van der Waals surface area contributed by atoms with E-state index < -0.39 is 6.10 Å². The summed E-state index contributed by atoms with van der Waals surface area (Å²) in [5.74, 6) is 0.844. The molecule has 104 valence electrons. The molecule has 3 rings (SSSR count). The van der Waals surface area contributed by atoms with Gasteiger partial charge in [0, 0.05) is 0 Å². The molecule has 2 unspecified atom stereocenters. The summed E-state index contributed by atoms with van der Waals surface area (Å²) in [4.78, 5) is 0. The molecule has 2 aromatic carbocycles. The van der Waals surface area contributed by atoms with Gasteiger partial charge in [-0.2, -0.15) is 0 Å². The van der Waals surface area contributed by atoms with Crippen LogP contribution in [0, 0.1) is 13.8 Å². The van der Waals surface area contributed by atoms with Crippen molar-refractivity contribution in [2.45, 2.75) is 38.9 Å². The Morgan fingerprint density at radius 2 is 1.85 bits per heavy atom. The van der Waals surface area contributed by atoms with Gasteiger partial charge >= 0.3 is 0 Å². The summed E-state index contributed by atoms with van der Waals surface area (Å²) in [5.41, 5.74) is 4.72. The lowest BCUT2D eigenvalue weighted by Crippen LogP contribution is -2.30. The molecule has 0 aromatic heterocycles. The number of aliphatic hydroxyl groups is 1. The molecular formula is C18H20O2. The SMILES string of the molecule is Cc1ccc(OC2CCc3ccccc3C2O)cc1C. The lowest BCUT2D eigenvalue weighted by atomic mass is 9.87. The van der Waals surface area contributed by atoms with E-state index in [1.54, 1.807) is 0 Å². The fraction of sp³-hybridized carbons (Fsp3) is 0.333. The second-order valence-electron chi connectivity index (χ2n) is 5.58. The minimum atomic E-state index is -0.540. The highest BCUT2D eigenvalue weighted by Crippen LogP contribution is 2.32. The minimum absolute atomic E-state index is 0.160. The van der Waals surface area contributed by atoms with E-state index in [2.05, 4.69) is 26.0 Å². The molecule has 0 saturated heterocycles. The van der Waals surface area contributed by atoms with Gasteiger partial charge in [-0.15, -0.1) is 0 Å². The van der Waals surface area contributed by atoms with Gasteiger partial charge in [0.05, 0.1) is 0 Å². The minimum Gasteiger partial charge on any atom is -0.487 e. The maximum atomic E-state index is 10.5. The van der Waals surface area contributed by atoms with E-state index in [4.69, 9.17) is 4.74 Å². The summed E-state index contributed by atoms with van der Waals surface area (Å²) in [7, 11) is 0. The molecule has 0 aliphatic heterocycles. The first-order valence-electron chi connectivity index (χ1n) is 7.15. The summed E-state index contributed by atoms with van der Waals surface area (Å²) in [6.07, 6.45) is 1.11. The summed E-state index contributed by atoms with van der Waals surface area (Å²) < 4.78 is 6.01. The zero-order valence-corrected chi connectivity index (χ0v) is 12.0. The fourth-order valence-corrected chi connectivity index (χ4v) is 2.79. The van der Waals surface area contributed by atoms with Crippen LogP contribution in [-0.2, 0) is 6.42 Å². The maximum absolute atomic E-state index is 10.5. The Hall–Kier alpha value is -1.80. The molecule has 0 spiro atoms. The summed E-state index contributed by atoms with van der Waals surface area (Å²) >= 11 is 0. The van der Waals surface area contributed by atoms with E-state index in [0.29, 0.717) is 0 Å². The second kappa shape index (κ2) is 5.29. The largest absolute Gasteiger partial charge is 0.487 e. The molecule has 1 aliphatic rings. The van der Waals surface area contributed by atoms with Crippen LogP contribution in [0.1, 0.15) is 34.8 Å². The normalized spacial score (nSPS) is 21.4. The molecule has 1 N–H and O–H groups in total. The summed E-state index contributed by atoms with van der Waals surface area (Å²) in [6.45, 7) is 4.17. The van der Waals surface area contributed by atoms with E-state index in [1.165, 1.54) is 16.7 Å². The number of hydrogen-bond acceptors (Lipinski definition) is 2. The Bertz CT molecular complexity index is 619. The third-order valence-electron chi connectivity index (χ3n) is 4.19. The Morgan fingerprint density at radius 3 is 2.65 bits per heavy atom. The van der Waals surface area contributed by atoms with Gasteiger partial charge in [-0.25, -0.2) is 0 Å². The van der Waals surface area contributed by atoms with Crippen molar-refractivity contribution in [1.82, 2.24) is 0 Å². The molecule has 1 aliphatic carbocycles. The van der Waals surface area contributed by atoms with E-state index in [9.17, 15) is 5.11 Å². The highest BCUT2D eigenvalue weighted by atomic mass is 16.5. The quantitative estimate of drug-likeness (QED) is 0.899. The van der Waals surface area contributed by atoms with Gasteiger partial charge < -0.3 is 9.84 Å². The van der Waals surface area contributed by atoms with Crippen molar-refractivity contribution in [1.29, 1.82) is 0 Å². The monoisotopic (exact) mass is 268 g/mol. The van der Waals surface area contributed by atoms with Crippen LogP contribution in [0.3, 0.4) is 0 Å². The Morgan fingerprint density at radius 1 is 1.05 bits per heavy atom. The number of aliphatic hydroxyl groups excluding tert-OH is 1. The van der Waals surface area contributed by atoms with Crippen molar-refractivity contribution in [3.63, 3.8) is 0 Å². The van der Waals surface area contributed by atoms with Gasteiger partial charge in [-0.05, 0) is 61.1 Å². The van der Waals surface area contributed by atoms with Crippen LogP contribution in [0.4, 0.5) is 0 Å². The van der Waals surface area contributed by atoms with Crippen LogP contribution in [0.5, 0.6) is 5.75 Å². The van der Waals surface area contributed by atoms with Crippen LogP contribution in [0.15, 0.2) is 42.5 Å². The standard InChI is InChI=1S/C18H20O2/c1-12-7-9-15(11-13(12)2)20-17-10-8-14-5-3-4-6-16(14)18(17)19/h3-7,9,11,17-19H,8,10H2,1-2H3. The van der Waals surface area contributed by atoms with Gasteiger partial charge in [0.15, 0.2) is 0 Å². The smallest absolute Gasteiger partial charge is 0.129 e. The highest BCUT2D eigenvalue weighted by molar-refractivity contribution is 5.36. The zero-order valence-electron chi connectivity index (χ0n) is 12.0. The molecule has 0 heterocycles. The third-order valence-corrected chi connectivity index (χ3v) is 4.19. The number of fused-ring (bicyclic) bond motifs is 1. The fourth-order valence-electron chi connectivity index (χ4n) is 2.79. The molecule has 2 aromatic rings. The number of aryl methyl sites for hydroxylation is 3. The average molecular weight is 268 g/mol. The Labute approximate surface area is 120 Å². The van der Waals surface area contributed by atoms with Crippen LogP contribution in [0.25, 0.3) is 0 Å². The first kappa shape index (κ1) is 13.2. The summed E-state index contributed by atoms with van der Waals surface area (Å²) in [5, 5.41) is 10.5. The predicted molar refractivity (Wildman–Crippen MR) is 80.1 cm³/mol. The molecule has 0 bridgehead atoms. The second-order valence-corrected chi connectivity index (χ2v) is 5.58. The predicted octanol–water partition coefficient (Wildman–Crippen LogP) is 3.73. The first-order valence-corrected chi connectivity index (χ1v) is 7.15. The molecular weight excluding hydrogens is 248 g/mol. The van der Waals surface area contributed by atoms with Crippen LogP contribution >= 0.6 is 0 Å². The van der Waals surface area contributed by atoms with Crippen LogP contribution in [-0.4, -0.2) is 11.2 Å². The number of ether oxygens (including phenoxy) is 1. The molecule has 2 heteroatoms. The Kier molecular flexibility index (Phi) is 3.49. The van der Waals surface area contributed by atoms with Crippen LogP contribution in [0.2, 0.25) is 0 Å². The van der Waals surface area contributed by atoms with Crippen molar-refractivity contribution < 1.29 is 9.84 Å². The third kappa shape index (κ3) is 2.44. The molecule has 2 atom stereocenters. The van der Waals surface area contributed by atoms with Crippen LogP contribution < -0.4 is 4.74 Å². The topological polar surface area (TPSA) is 29.5 Å². The average Bonchev–Trinajstić information content (AvgIpc) is 2.46. The van der Waals surface area contributed by atoms with E-state index in [1.807, 2.05) is 30.3 Å². The number of benzene rings is 2. The molecule has 20 heavy (non-hydrogen) atoms. The van der Waals surface area contributed by atoms with Crippen molar-refractivity contribution in [3.8, 4) is 5.75 Å². The van der Waals surface area contributed by atoms with E-state index >= 15 is 0 Å². The van der Waals surface area contributed by atoms with Crippen molar-refractivity contribution >= 4 is 0 Å². The number of hydrogen-bond donors (Lipinski definition) is 1. The number of rotatable bonds is 2. The molecule has 2 nitrogen and oxygen atoms in total. The van der Waals surface area contributed by atoms with Crippen molar-refractivity contribution in [3.05, 3.63) is 64.7 Å². The first-order chi connectivity index (χ1) is 9.65. The Balaban J connectivity index is 1.81. The van der Waals surface area contributed by atoms with Gasteiger partial charge in [0.1, 0.15) is 18.0 Å². The molecule has 0 saturated carbocycles. The molecule has 0 radical (unpaired) electrons. The molecule has 0 amide bonds. The van der Waals surface area contributed by atoms with Gasteiger partial charge in [-0.3, -0.25) is 0 Å².